The third-order valence-corrected chi connectivity index (χ3v) is 11.1. The Morgan fingerprint density at radius 3 is 2.06 bits per heavy atom. The van der Waals surface area contributed by atoms with Gasteiger partial charge in [0, 0.05) is 40.2 Å². The van der Waals surface area contributed by atoms with Gasteiger partial charge in [0.05, 0.1) is 0 Å². The molecule has 48 heavy (non-hydrogen) atoms. The fraction of sp³-hybridized carbons (Fsp3) is 0.614. The van der Waals surface area contributed by atoms with Crippen LogP contribution in [0.1, 0.15) is 132 Å². The van der Waals surface area contributed by atoms with Crippen LogP contribution < -0.4 is 10.6 Å². The minimum atomic E-state index is -0.0216. The number of anilines is 1. The first kappa shape index (κ1) is 43.8. The first-order valence-corrected chi connectivity index (χ1v) is 20.0. The molecule has 1 aliphatic carbocycles. The highest BCUT2D eigenvalue weighted by Crippen LogP contribution is 2.55. The quantitative estimate of drug-likeness (QED) is 0.0516. The lowest BCUT2D eigenvalue weighted by Gasteiger charge is -2.46. The first-order chi connectivity index (χ1) is 22.7. The number of rotatable bonds is 23. The van der Waals surface area contributed by atoms with Gasteiger partial charge in [-0.2, -0.15) is 0 Å². The lowest BCUT2D eigenvalue weighted by molar-refractivity contribution is 0.238. The second-order valence-electron chi connectivity index (χ2n) is 14.8. The Morgan fingerprint density at radius 1 is 0.958 bits per heavy atom. The summed E-state index contributed by atoms with van der Waals surface area (Å²) in [6.45, 7) is 36.4. The first-order valence-electron chi connectivity index (χ1n) is 18.7. The summed E-state index contributed by atoms with van der Waals surface area (Å²) in [5.41, 5.74) is 5.95. The molecule has 268 valence electrons. The van der Waals surface area contributed by atoms with Crippen LogP contribution in [-0.4, -0.2) is 16.7 Å². The number of terminal acetylenes is 1. The van der Waals surface area contributed by atoms with E-state index in [0.29, 0.717) is 17.8 Å². The number of nitrogens with one attached hydrogen (secondary N) is 2. The van der Waals surface area contributed by atoms with Crippen LogP contribution in [0.4, 0.5) is 5.69 Å². The monoisotopic (exact) mass is 690 g/mol. The summed E-state index contributed by atoms with van der Waals surface area (Å²) < 4.78 is 0. The van der Waals surface area contributed by atoms with Gasteiger partial charge in [-0.15, -0.1) is 18.2 Å². The zero-order chi connectivity index (χ0) is 36.3. The number of allylic oxidation sites excluding steroid dienone is 2. The summed E-state index contributed by atoms with van der Waals surface area (Å²) in [4.78, 5) is 2.24. The van der Waals surface area contributed by atoms with Crippen LogP contribution in [0.15, 0.2) is 72.5 Å². The van der Waals surface area contributed by atoms with Crippen molar-refractivity contribution in [1.29, 1.82) is 0 Å². The van der Waals surface area contributed by atoms with Crippen molar-refractivity contribution in [3.05, 3.63) is 78.0 Å². The van der Waals surface area contributed by atoms with E-state index in [4.69, 9.17) is 6.42 Å². The fourth-order valence-corrected chi connectivity index (χ4v) is 7.96. The van der Waals surface area contributed by atoms with Crippen LogP contribution in [0.2, 0.25) is 0 Å². The van der Waals surface area contributed by atoms with Gasteiger partial charge < -0.3 is 10.6 Å². The standard InChI is InChI=1S/C41H64N2S.C3H6S/c1-12-15-21-40(33(9)43-38-24-22-36(23-25-38)29-30(4)5)44-35(11)41(26-19-27-41)34(10)42-28-18-16-17-20-37(13-2)32(8)39(14-3)31(6)7;1-3(2)4/h2,22-25,30-31,37,39-40,42-43H,8-12,14-21,26-29H2,1,3-7H3;1-2H3. The number of thioether (sulfide) groups is 1. The minimum absolute atomic E-state index is 0.0216. The molecule has 2 rings (SSSR count). The van der Waals surface area contributed by atoms with Crippen molar-refractivity contribution < 1.29 is 0 Å². The van der Waals surface area contributed by atoms with Crippen molar-refractivity contribution in [2.75, 3.05) is 11.9 Å². The fourth-order valence-electron chi connectivity index (χ4n) is 6.57. The van der Waals surface area contributed by atoms with Crippen molar-refractivity contribution in [1.82, 2.24) is 5.32 Å². The van der Waals surface area contributed by atoms with Crippen LogP contribution in [-0.2, 0) is 6.42 Å². The number of hydrogen-bond acceptors (Lipinski definition) is 4. The SMILES string of the molecule is C#CC(CCCCCNC(=C)C1(C(=C)SC(CCCC)C(=C)Nc2ccc(CC(C)C)cc2)CCC1)C(=C)C(CC)C(C)C.CC(C)=S. The maximum absolute atomic E-state index is 5.93. The van der Waals surface area contributed by atoms with Crippen molar-refractivity contribution in [3.63, 3.8) is 0 Å². The van der Waals surface area contributed by atoms with E-state index in [1.807, 2.05) is 25.6 Å². The molecule has 2 nitrogen and oxygen atoms in total. The lowest BCUT2D eigenvalue weighted by atomic mass is 9.66. The van der Waals surface area contributed by atoms with Crippen molar-refractivity contribution in [2.24, 2.45) is 29.1 Å². The van der Waals surface area contributed by atoms with E-state index in [0.717, 1.165) is 86.3 Å². The molecule has 3 unspecified atom stereocenters. The van der Waals surface area contributed by atoms with Gasteiger partial charge in [-0.3, -0.25) is 0 Å². The molecule has 1 saturated carbocycles. The van der Waals surface area contributed by atoms with Gasteiger partial charge in [-0.05, 0) is 104 Å². The highest BCUT2D eigenvalue weighted by Gasteiger charge is 2.43. The summed E-state index contributed by atoms with van der Waals surface area (Å²) in [5.74, 6) is 4.99. The summed E-state index contributed by atoms with van der Waals surface area (Å²) in [5, 5.41) is 7.62. The predicted molar refractivity (Wildman–Crippen MR) is 224 cm³/mol. The Kier molecular flexibility index (Phi) is 21.2. The average Bonchev–Trinajstić information content (AvgIpc) is 2.98. The Morgan fingerprint density at radius 2 is 1.58 bits per heavy atom. The highest BCUT2D eigenvalue weighted by molar-refractivity contribution is 8.03. The molecule has 1 aromatic rings. The van der Waals surface area contributed by atoms with E-state index in [-0.39, 0.29) is 16.6 Å². The number of hydrogen-bond donors (Lipinski definition) is 2. The molecule has 1 aliphatic rings. The van der Waals surface area contributed by atoms with Gasteiger partial charge >= 0.3 is 0 Å². The zero-order valence-electron chi connectivity index (χ0n) is 32.1. The molecule has 1 aromatic carbocycles. The zero-order valence-corrected chi connectivity index (χ0v) is 33.7. The molecule has 0 amide bonds. The third-order valence-electron chi connectivity index (χ3n) is 9.59. The smallest absolute Gasteiger partial charge is 0.0486 e. The van der Waals surface area contributed by atoms with Crippen LogP contribution in [0.3, 0.4) is 0 Å². The minimum Gasteiger partial charge on any atom is -0.388 e. The molecule has 1 fully saturated rings. The molecular formula is C44H70N2S2. The molecule has 0 bridgehead atoms. The number of thiocarbonyl (C=S) groups is 1. The maximum atomic E-state index is 5.93. The van der Waals surface area contributed by atoms with Gasteiger partial charge in [0.2, 0.25) is 0 Å². The Hall–Kier alpha value is -2.22. The van der Waals surface area contributed by atoms with Crippen LogP contribution in [0.5, 0.6) is 0 Å². The van der Waals surface area contributed by atoms with Gasteiger partial charge in [0.15, 0.2) is 0 Å². The van der Waals surface area contributed by atoms with Crippen molar-refractivity contribution in [2.45, 2.75) is 138 Å². The number of unbranched alkanes of at least 4 members (excludes halogenated alkanes) is 3. The van der Waals surface area contributed by atoms with Gasteiger partial charge in [-0.1, -0.05) is 136 Å². The largest absolute Gasteiger partial charge is 0.388 e. The Labute approximate surface area is 307 Å². The molecule has 0 heterocycles. The molecule has 3 atom stereocenters. The van der Waals surface area contributed by atoms with E-state index in [9.17, 15) is 0 Å². The molecule has 0 radical (unpaired) electrons. The van der Waals surface area contributed by atoms with E-state index in [1.54, 1.807) is 0 Å². The summed E-state index contributed by atoms with van der Waals surface area (Å²) in [7, 11) is 0. The highest BCUT2D eigenvalue weighted by atomic mass is 32.2. The van der Waals surface area contributed by atoms with Crippen molar-refractivity contribution in [3.8, 4) is 12.3 Å². The molecule has 4 heteroatoms. The van der Waals surface area contributed by atoms with E-state index >= 15 is 0 Å². The van der Waals surface area contributed by atoms with Crippen LogP contribution >= 0.6 is 24.0 Å². The summed E-state index contributed by atoms with van der Waals surface area (Å²) >= 11 is 6.45. The molecule has 0 spiro atoms. The van der Waals surface area contributed by atoms with Crippen LogP contribution in [0.25, 0.3) is 0 Å². The second kappa shape index (κ2) is 23.2. The average molecular weight is 691 g/mol. The molecule has 2 N–H and O–H groups in total. The third kappa shape index (κ3) is 15.1. The normalized spacial score (nSPS) is 15.2. The number of benzene rings is 1. The molecular weight excluding hydrogens is 621 g/mol. The molecule has 0 aliphatic heterocycles. The van der Waals surface area contributed by atoms with Crippen LogP contribution in [0, 0.1) is 41.4 Å². The van der Waals surface area contributed by atoms with E-state index in [2.05, 4.69) is 121 Å². The van der Waals surface area contributed by atoms with E-state index < -0.39 is 0 Å². The topological polar surface area (TPSA) is 24.1 Å². The Balaban J connectivity index is 0.00000272. The van der Waals surface area contributed by atoms with Gasteiger partial charge in [-0.25, -0.2) is 0 Å². The second-order valence-corrected chi connectivity index (χ2v) is 16.9. The lowest BCUT2D eigenvalue weighted by Crippen LogP contribution is -2.38. The van der Waals surface area contributed by atoms with Gasteiger partial charge in [0.25, 0.3) is 0 Å². The van der Waals surface area contributed by atoms with Crippen molar-refractivity contribution >= 4 is 34.5 Å². The van der Waals surface area contributed by atoms with Gasteiger partial charge in [0.1, 0.15) is 0 Å². The predicted octanol–water partition coefficient (Wildman–Crippen LogP) is 13.3. The maximum Gasteiger partial charge on any atom is 0.0486 e. The summed E-state index contributed by atoms with van der Waals surface area (Å²) in [6.07, 6.45) is 19.5. The molecule has 0 saturated heterocycles. The summed E-state index contributed by atoms with van der Waals surface area (Å²) in [6, 6.07) is 8.85. The Bertz CT molecular complexity index is 1190. The molecule has 0 aromatic heterocycles. The van der Waals surface area contributed by atoms with E-state index in [1.165, 1.54) is 35.3 Å².